The van der Waals surface area contributed by atoms with Gasteiger partial charge in [-0.15, -0.1) is 0 Å². The molecule has 6 heteroatoms. The van der Waals surface area contributed by atoms with Crippen LogP contribution >= 0.6 is 11.6 Å². The van der Waals surface area contributed by atoms with Crippen molar-refractivity contribution < 1.29 is 9.90 Å². The number of aromatic nitrogens is 2. The van der Waals surface area contributed by atoms with Crippen molar-refractivity contribution in [2.45, 2.75) is 32.6 Å². The maximum absolute atomic E-state index is 13.0. The SMILES string of the molecule is CC(C)c1nc2c(c(-c3ccc(O)cc3)n1)CCN(C(=O)c1cccc(Cl)c1)CC2. The molecule has 1 aliphatic heterocycles. The maximum Gasteiger partial charge on any atom is 0.253 e. The Kier molecular flexibility index (Phi) is 5.73. The molecule has 0 spiro atoms. The summed E-state index contributed by atoms with van der Waals surface area (Å²) in [5, 5.41) is 10.2. The molecular weight excluding hydrogens is 398 g/mol. The zero-order valence-electron chi connectivity index (χ0n) is 17.1. The lowest BCUT2D eigenvalue weighted by Crippen LogP contribution is -2.33. The van der Waals surface area contributed by atoms with Gasteiger partial charge in [-0.25, -0.2) is 9.97 Å². The Bertz CT molecular complexity index is 1080. The first-order valence-electron chi connectivity index (χ1n) is 10.2. The maximum atomic E-state index is 13.0. The van der Waals surface area contributed by atoms with Crippen LogP contribution in [0.1, 0.15) is 47.2 Å². The highest BCUT2D eigenvalue weighted by atomic mass is 35.5. The van der Waals surface area contributed by atoms with E-state index in [0.29, 0.717) is 36.5 Å². The van der Waals surface area contributed by atoms with Crippen molar-refractivity contribution >= 4 is 17.5 Å². The van der Waals surface area contributed by atoms with E-state index in [1.807, 2.05) is 17.0 Å². The van der Waals surface area contributed by atoms with Crippen LogP contribution in [0.25, 0.3) is 11.3 Å². The number of halogens is 1. The monoisotopic (exact) mass is 421 g/mol. The topological polar surface area (TPSA) is 66.3 Å². The van der Waals surface area contributed by atoms with E-state index in [1.54, 1.807) is 36.4 Å². The zero-order valence-corrected chi connectivity index (χ0v) is 17.9. The lowest BCUT2D eigenvalue weighted by molar-refractivity contribution is 0.0763. The molecule has 0 atom stereocenters. The highest BCUT2D eigenvalue weighted by Gasteiger charge is 2.24. The van der Waals surface area contributed by atoms with E-state index in [4.69, 9.17) is 21.6 Å². The Morgan fingerprint density at radius 1 is 1.07 bits per heavy atom. The summed E-state index contributed by atoms with van der Waals surface area (Å²) in [6.45, 7) is 5.34. The number of fused-ring (bicyclic) bond motifs is 1. The van der Waals surface area contributed by atoms with E-state index in [2.05, 4.69) is 13.8 Å². The predicted molar refractivity (Wildman–Crippen MR) is 118 cm³/mol. The number of amides is 1. The van der Waals surface area contributed by atoms with Crippen LogP contribution in [0.5, 0.6) is 5.75 Å². The van der Waals surface area contributed by atoms with Crippen molar-refractivity contribution in [2.24, 2.45) is 0 Å². The molecular formula is C24H24ClN3O2. The number of carbonyl (C=O) groups excluding carboxylic acids is 1. The Labute approximate surface area is 181 Å². The Morgan fingerprint density at radius 2 is 1.80 bits per heavy atom. The first kappa shape index (κ1) is 20.4. The highest BCUT2D eigenvalue weighted by Crippen LogP contribution is 2.29. The average Bonchev–Trinajstić information content (AvgIpc) is 2.96. The van der Waals surface area contributed by atoms with Gasteiger partial charge in [0.1, 0.15) is 11.6 Å². The van der Waals surface area contributed by atoms with Crippen LogP contribution in [0.3, 0.4) is 0 Å². The minimum atomic E-state index is -0.0199. The van der Waals surface area contributed by atoms with Gasteiger partial charge in [0, 0.05) is 52.8 Å². The van der Waals surface area contributed by atoms with E-state index in [9.17, 15) is 9.90 Å². The minimum Gasteiger partial charge on any atom is -0.508 e. The molecule has 0 radical (unpaired) electrons. The number of phenolic OH excluding ortho intramolecular Hbond substituents is 1. The molecule has 4 rings (SSSR count). The van der Waals surface area contributed by atoms with E-state index < -0.39 is 0 Å². The lowest BCUT2D eigenvalue weighted by Gasteiger charge is -2.20. The van der Waals surface area contributed by atoms with Crippen molar-refractivity contribution in [2.75, 3.05) is 13.1 Å². The molecule has 5 nitrogen and oxygen atoms in total. The molecule has 154 valence electrons. The third-order valence-corrected chi connectivity index (χ3v) is 5.61. The number of benzene rings is 2. The summed E-state index contributed by atoms with van der Waals surface area (Å²) in [5.74, 6) is 1.19. The Balaban J connectivity index is 1.69. The van der Waals surface area contributed by atoms with E-state index in [-0.39, 0.29) is 17.6 Å². The first-order valence-corrected chi connectivity index (χ1v) is 10.5. The number of phenols is 1. The molecule has 30 heavy (non-hydrogen) atoms. The predicted octanol–water partition coefficient (Wildman–Crippen LogP) is 4.87. The van der Waals surface area contributed by atoms with E-state index >= 15 is 0 Å². The fourth-order valence-corrected chi connectivity index (χ4v) is 3.93. The number of hydrogen-bond donors (Lipinski definition) is 1. The molecule has 2 heterocycles. The van der Waals surface area contributed by atoms with Crippen molar-refractivity contribution in [1.29, 1.82) is 0 Å². The van der Waals surface area contributed by atoms with Crippen LogP contribution in [0.15, 0.2) is 48.5 Å². The lowest BCUT2D eigenvalue weighted by atomic mass is 10.00. The summed E-state index contributed by atoms with van der Waals surface area (Å²) in [7, 11) is 0. The molecule has 2 aromatic carbocycles. The molecule has 0 bridgehead atoms. The molecule has 0 aliphatic carbocycles. The molecule has 0 saturated heterocycles. The van der Waals surface area contributed by atoms with Crippen LogP contribution < -0.4 is 0 Å². The van der Waals surface area contributed by atoms with Crippen LogP contribution in [0, 0.1) is 0 Å². The van der Waals surface area contributed by atoms with Crippen molar-refractivity contribution in [3.05, 3.63) is 76.2 Å². The van der Waals surface area contributed by atoms with Gasteiger partial charge in [0.05, 0.1) is 5.69 Å². The molecule has 0 fully saturated rings. The second kappa shape index (κ2) is 8.44. The van der Waals surface area contributed by atoms with Gasteiger partial charge in [0.2, 0.25) is 0 Å². The number of nitrogens with zero attached hydrogens (tertiary/aromatic N) is 3. The third-order valence-electron chi connectivity index (χ3n) is 5.38. The van der Waals surface area contributed by atoms with Crippen molar-refractivity contribution in [3.63, 3.8) is 0 Å². The van der Waals surface area contributed by atoms with Crippen LogP contribution in [0.4, 0.5) is 0 Å². The smallest absolute Gasteiger partial charge is 0.253 e. The highest BCUT2D eigenvalue weighted by molar-refractivity contribution is 6.30. The molecule has 0 saturated carbocycles. The molecule has 1 N–H and O–H groups in total. The summed E-state index contributed by atoms with van der Waals surface area (Å²) in [6, 6.07) is 14.2. The van der Waals surface area contributed by atoms with Gasteiger partial charge >= 0.3 is 0 Å². The number of carbonyl (C=O) groups is 1. The van der Waals surface area contributed by atoms with Crippen molar-refractivity contribution in [1.82, 2.24) is 14.9 Å². The molecule has 3 aromatic rings. The van der Waals surface area contributed by atoms with Gasteiger partial charge in [-0.1, -0.05) is 31.5 Å². The van der Waals surface area contributed by atoms with Gasteiger partial charge in [-0.3, -0.25) is 4.79 Å². The quantitative estimate of drug-likeness (QED) is 0.655. The van der Waals surface area contributed by atoms with Gasteiger partial charge in [-0.05, 0) is 48.9 Å². The molecule has 1 aliphatic rings. The summed E-state index contributed by atoms with van der Waals surface area (Å²) < 4.78 is 0. The summed E-state index contributed by atoms with van der Waals surface area (Å²) in [4.78, 5) is 24.6. The average molecular weight is 422 g/mol. The number of hydrogen-bond acceptors (Lipinski definition) is 4. The molecule has 1 aromatic heterocycles. The van der Waals surface area contributed by atoms with Crippen LogP contribution in [0.2, 0.25) is 5.02 Å². The second-order valence-electron chi connectivity index (χ2n) is 7.86. The minimum absolute atomic E-state index is 0.0199. The Hall–Kier alpha value is -2.92. The van der Waals surface area contributed by atoms with E-state index in [0.717, 1.165) is 28.3 Å². The van der Waals surface area contributed by atoms with Gasteiger partial charge in [0.25, 0.3) is 5.91 Å². The zero-order chi connectivity index (χ0) is 21.3. The summed E-state index contributed by atoms with van der Waals surface area (Å²) in [6.07, 6.45) is 1.35. The second-order valence-corrected chi connectivity index (χ2v) is 8.30. The fourth-order valence-electron chi connectivity index (χ4n) is 3.74. The third kappa shape index (κ3) is 4.17. The van der Waals surface area contributed by atoms with Crippen LogP contribution in [-0.4, -0.2) is 39.0 Å². The van der Waals surface area contributed by atoms with Gasteiger partial charge < -0.3 is 10.0 Å². The number of rotatable bonds is 3. The molecule has 0 unspecified atom stereocenters. The largest absolute Gasteiger partial charge is 0.508 e. The van der Waals surface area contributed by atoms with Gasteiger partial charge in [-0.2, -0.15) is 0 Å². The summed E-state index contributed by atoms with van der Waals surface area (Å²) in [5.41, 5.74) is 4.51. The van der Waals surface area contributed by atoms with Crippen LogP contribution in [-0.2, 0) is 12.8 Å². The molecule has 1 amide bonds. The number of aromatic hydroxyl groups is 1. The normalized spacial score (nSPS) is 13.8. The van der Waals surface area contributed by atoms with E-state index in [1.165, 1.54) is 0 Å². The standard InChI is InChI=1S/C24H24ClN3O2/c1-15(2)23-26-21-11-13-28(24(30)17-4-3-5-18(25)14-17)12-10-20(21)22(27-23)16-6-8-19(29)9-7-16/h3-9,14-15,29H,10-13H2,1-2H3. The first-order chi connectivity index (χ1) is 14.4. The van der Waals surface area contributed by atoms with Crippen molar-refractivity contribution in [3.8, 4) is 17.0 Å². The fraction of sp³-hybridized carbons (Fsp3) is 0.292. The van der Waals surface area contributed by atoms with Gasteiger partial charge in [0.15, 0.2) is 0 Å². The Morgan fingerprint density at radius 3 is 2.50 bits per heavy atom. The summed E-state index contributed by atoms with van der Waals surface area (Å²) >= 11 is 6.07.